The lowest BCUT2D eigenvalue weighted by atomic mass is 9.76. The van der Waals surface area contributed by atoms with E-state index < -0.39 is 5.72 Å². The number of benzene rings is 2. The largest absolute Gasteiger partial charge is 0.463 e. The SMILES string of the molecule is Cc1cc(C=O)cc2c1OC1(C=C2)N(C)c2ccccc2C1(C)C. The van der Waals surface area contributed by atoms with Crippen LogP contribution in [-0.2, 0) is 5.41 Å². The maximum Gasteiger partial charge on any atom is 0.211 e. The van der Waals surface area contributed by atoms with E-state index in [0.717, 1.165) is 23.2 Å². The fraction of sp³-hybridized carbons (Fsp3) is 0.286. The second kappa shape index (κ2) is 4.73. The Kier molecular flexibility index (Phi) is 2.96. The number of hydrogen-bond donors (Lipinski definition) is 0. The Hall–Kier alpha value is -2.55. The van der Waals surface area contributed by atoms with Crippen molar-refractivity contribution in [2.45, 2.75) is 31.9 Å². The third kappa shape index (κ3) is 1.70. The summed E-state index contributed by atoms with van der Waals surface area (Å²) in [6.07, 6.45) is 5.10. The first-order chi connectivity index (χ1) is 11.4. The second-order valence-electron chi connectivity index (χ2n) is 7.21. The molecular formula is C21H21NO2. The molecule has 3 nitrogen and oxygen atoms in total. The van der Waals surface area contributed by atoms with E-state index in [-0.39, 0.29) is 5.41 Å². The molecule has 0 amide bonds. The number of anilines is 1. The molecule has 2 aromatic carbocycles. The predicted molar refractivity (Wildman–Crippen MR) is 96.8 cm³/mol. The zero-order valence-electron chi connectivity index (χ0n) is 14.5. The lowest BCUT2D eigenvalue weighted by Crippen LogP contribution is -2.58. The van der Waals surface area contributed by atoms with Crippen LogP contribution in [0.15, 0.2) is 42.5 Å². The molecule has 3 heteroatoms. The summed E-state index contributed by atoms with van der Waals surface area (Å²) in [4.78, 5) is 13.3. The Balaban J connectivity index is 1.90. The minimum atomic E-state index is -0.572. The van der Waals surface area contributed by atoms with Crippen molar-refractivity contribution in [2.24, 2.45) is 0 Å². The molecule has 0 aromatic heterocycles. The maximum atomic E-state index is 11.1. The molecule has 0 fully saturated rings. The van der Waals surface area contributed by atoms with Gasteiger partial charge in [-0.3, -0.25) is 4.79 Å². The van der Waals surface area contributed by atoms with Crippen molar-refractivity contribution in [3.05, 3.63) is 64.7 Å². The molecule has 2 aromatic rings. The number of carbonyl (C=O) groups excluding carboxylic acids is 1. The summed E-state index contributed by atoms with van der Waals surface area (Å²) in [5.41, 5.74) is 4.32. The van der Waals surface area contributed by atoms with Crippen LogP contribution < -0.4 is 9.64 Å². The van der Waals surface area contributed by atoms with E-state index in [1.54, 1.807) is 0 Å². The molecule has 0 bridgehead atoms. The van der Waals surface area contributed by atoms with Gasteiger partial charge in [-0.05, 0) is 62.2 Å². The summed E-state index contributed by atoms with van der Waals surface area (Å²) in [6, 6.07) is 12.2. The monoisotopic (exact) mass is 319 g/mol. The number of para-hydroxylation sites is 1. The molecule has 1 atom stereocenters. The van der Waals surface area contributed by atoms with Crippen molar-refractivity contribution in [1.82, 2.24) is 0 Å². The highest BCUT2D eigenvalue weighted by atomic mass is 16.5. The smallest absolute Gasteiger partial charge is 0.211 e. The number of rotatable bonds is 1. The van der Waals surface area contributed by atoms with Gasteiger partial charge in [-0.2, -0.15) is 0 Å². The van der Waals surface area contributed by atoms with E-state index in [1.165, 1.54) is 11.3 Å². The van der Waals surface area contributed by atoms with Crippen LogP contribution in [0.3, 0.4) is 0 Å². The minimum Gasteiger partial charge on any atom is -0.463 e. The summed E-state index contributed by atoms with van der Waals surface area (Å²) < 4.78 is 6.64. The third-order valence-corrected chi connectivity index (χ3v) is 5.54. The first kappa shape index (κ1) is 15.0. The second-order valence-corrected chi connectivity index (χ2v) is 7.21. The van der Waals surface area contributed by atoms with Gasteiger partial charge in [-0.1, -0.05) is 18.2 Å². The summed E-state index contributed by atoms with van der Waals surface area (Å²) in [7, 11) is 2.08. The highest BCUT2D eigenvalue weighted by molar-refractivity contribution is 5.80. The van der Waals surface area contributed by atoms with Crippen molar-refractivity contribution in [1.29, 1.82) is 0 Å². The molecule has 2 heterocycles. The quantitative estimate of drug-likeness (QED) is 0.732. The van der Waals surface area contributed by atoms with Gasteiger partial charge in [-0.25, -0.2) is 0 Å². The highest BCUT2D eigenvalue weighted by Gasteiger charge is 2.57. The number of aldehydes is 1. The zero-order chi connectivity index (χ0) is 17.1. The van der Waals surface area contributed by atoms with E-state index in [2.05, 4.69) is 62.2 Å². The number of aryl methyl sites for hydroxylation is 1. The molecule has 2 aliphatic heterocycles. The van der Waals surface area contributed by atoms with Gasteiger partial charge < -0.3 is 9.64 Å². The van der Waals surface area contributed by atoms with Crippen LogP contribution in [-0.4, -0.2) is 19.1 Å². The molecule has 1 unspecified atom stereocenters. The van der Waals surface area contributed by atoms with Gasteiger partial charge in [-0.15, -0.1) is 0 Å². The van der Waals surface area contributed by atoms with Gasteiger partial charge in [0.05, 0.1) is 5.41 Å². The molecular weight excluding hydrogens is 298 g/mol. The van der Waals surface area contributed by atoms with E-state index in [4.69, 9.17) is 4.74 Å². The molecule has 122 valence electrons. The fourth-order valence-corrected chi connectivity index (χ4v) is 4.16. The van der Waals surface area contributed by atoms with E-state index >= 15 is 0 Å². The third-order valence-electron chi connectivity index (χ3n) is 5.54. The average molecular weight is 319 g/mol. The van der Waals surface area contributed by atoms with Crippen molar-refractivity contribution in [3.8, 4) is 5.75 Å². The molecule has 24 heavy (non-hydrogen) atoms. The topological polar surface area (TPSA) is 29.5 Å². The standard InChI is InChI=1S/C21H21NO2/c1-14-11-15(13-23)12-16-9-10-21(24-19(14)16)20(2,3)17-7-5-6-8-18(17)22(21)4/h5-13H,1-4H3. The molecule has 4 rings (SSSR count). The fourth-order valence-electron chi connectivity index (χ4n) is 4.16. The van der Waals surface area contributed by atoms with Crippen molar-refractivity contribution < 1.29 is 9.53 Å². The Morgan fingerprint density at radius 1 is 1.17 bits per heavy atom. The van der Waals surface area contributed by atoms with Gasteiger partial charge in [0.25, 0.3) is 0 Å². The summed E-state index contributed by atoms with van der Waals surface area (Å²) >= 11 is 0. The average Bonchev–Trinajstić information content (AvgIpc) is 2.75. The summed E-state index contributed by atoms with van der Waals surface area (Å²) in [5, 5.41) is 0. The van der Waals surface area contributed by atoms with E-state index in [9.17, 15) is 4.79 Å². The van der Waals surface area contributed by atoms with Crippen LogP contribution >= 0.6 is 0 Å². The molecule has 0 aliphatic carbocycles. The Morgan fingerprint density at radius 2 is 1.92 bits per heavy atom. The van der Waals surface area contributed by atoms with Crippen LogP contribution in [0.4, 0.5) is 5.69 Å². The Morgan fingerprint density at radius 3 is 2.62 bits per heavy atom. The number of likely N-dealkylation sites (N-methyl/N-ethyl adjacent to an activating group) is 1. The Labute approximate surface area is 142 Å². The summed E-state index contributed by atoms with van der Waals surface area (Å²) in [5.74, 6) is 0.857. The number of carbonyl (C=O) groups is 1. The van der Waals surface area contributed by atoms with Gasteiger partial charge >= 0.3 is 0 Å². The van der Waals surface area contributed by atoms with Crippen LogP contribution in [0.2, 0.25) is 0 Å². The normalized spacial score (nSPS) is 22.9. The predicted octanol–water partition coefficient (Wildman–Crippen LogP) is 4.34. The van der Waals surface area contributed by atoms with E-state index in [1.807, 2.05) is 19.1 Å². The van der Waals surface area contributed by atoms with Crippen molar-refractivity contribution in [2.75, 3.05) is 11.9 Å². The molecule has 0 saturated heterocycles. The maximum absolute atomic E-state index is 11.1. The lowest BCUT2D eigenvalue weighted by Gasteiger charge is -2.46. The first-order valence-electron chi connectivity index (χ1n) is 8.22. The zero-order valence-corrected chi connectivity index (χ0v) is 14.5. The molecule has 2 aliphatic rings. The van der Waals surface area contributed by atoms with Crippen molar-refractivity contribution in [3.63, 3.8) is 0 Å². The van der Waals surface area contributed by atoms with Crippen LogP contribution in [0.25, 0.3) is 6.08 Å². The minimum absolute atomic E-state index is 0.206. The van der Waals surface area contributed by atoms with Crippen LogP contribution in [0, 0.1) is 6.92 Å². The van der Waals surface area contributed by atoms with Crippen LogP contribution in [0.1, 0.15) is 40.9 Å². The molecule has 0 radical (unpaired) electrons. The molecule has 1 spiro atoms. The highest BCUT2D eigenvalue weighted by Crippen LogP contribution is 2.54. The van der Waals surface area contributed by atoms with Crippen LogP contribution in [0.5, 0.6) is 5.75 Å². The number of fused-ring (bicyclic) bond motifs is 2. The van der Waals surface area contributed by atoms with Gasteiger partial charge in [0.2, 0.25) is 5.72 Å². The van der Waals surface area contributed by atoms with Gasteiger partial charge in [0, 0.05) is 23.9 Å². The number of hydrogen-bond acceptors (Lipinski definition) is 3. The van der Waals surface area contributed by atoms with Crippen molar-refractivity contribution >= 4 is 18.0 Å². The number of nitrogens with zero attached hydrogens (tertiary/aromatic N) is 1. The summed E-state index contributed by atoms with van der Waals surface area (Å²) in [6.45, 7) is 6.44. The van der Waals surface area contributed by atoms with Gasteiger partial charge in [0.15, 0.2) is 0 Å². The Bertz CT molecular complexity index is 881. The first-order valence-corrected chi connectivity index (χ1v) is 8.22. The lowest BCUT2D eigenvalue weighted by molar-refractivity contribution is 0.0574. The van der Waals surface area contributed by atoms with Gasteiger partial charge in [0.1, 0.15) is 12.0 Å². The number of ether oxygens (including phenoxy) is 1. The van der Waals surface area contributed by atoms with E-state index in [0.29, 0.717) is 5.56 Å². The molecule has 0 N–H and O–H groups in total. The molecule has 0 saturated carbocycles.